The van der Waals surface area contributed by atoms with Gasteiger partial charge >= 0.3 is 0 Å². The molecule has 0 saturated heterocycles. The van der Waals surface area contributed by atoms with Gasteiger partial charge in [0.15, 0.2) is 6.29 Å². The first-order valence-corrected chi connectivity index (χ1v) is 7.02. The zero-order chi connectivity index (χ0) is 15.4. The van der Waals surface area contributed by atoms with Crippen LogP contribution in [0.5, 0.6) is 5.75 Å². The summed E-state index contributed by atoms with van der Waals surface area (Å²) in [6.07, 6.45) is 0.714. The van der Waals surface area contributed by atoms with Crippen molar-refractivity contribution in [2.24, 2.45) is 0 Å². The number of aldehydes is 1. The predicted molar refractivity (Wildman–Crippen MR) is 83.1 cm³/mol. The minimum Gasteiger partial charge on any atom is -0.495 e. The Bertz CT molecular complexity index is 675. The van der Waals surface area contributed by atoms with Crippen molar-refractivity contribution < 1.29 is 14.3 Å². The average molecular weight is 285 g/mol. The molecular formula is C17H19NO3. The number of benzene rings is 2. The lowest BCUT2D eigenvalue weighted by Crippen LogP contribution is -2.31. The van der Waals surface area contributed by atoms with E-state index in [1.165, 1.54) is 7.11 Å². The fourth-order valence-corrected chi connectivity index (χ4v) is 2.53. The first kappa shape index (κ1) is 15.0. The maximum absolute atomic E-state index is 12.7. The maximum Gasteiger partial charge on any atom is 0.258 e. The smallest absolute Gasteiger partial charge is 0.258 e. The monoisotopic (exact) mass is 285 g/mol. The van der Waals surface area contributed by atoms with Crippen molar-refractivity contribution >= 4 is 23.0 Å². The Morgan fingerprint density at radius 3 is 2.48 bits per heavy atom. The van der Waals surface area contributed by atoms with Crippen molar-refractivity contribution in [1.29, 1.82) is 0 Å². The molecule has 110 valence electrons. The van der Waals surface area contributed by atoms with E-state index in [0.717, 1.165) is 10.8 Å². The molecule has 0 unspecified atom stereocenters. The fourth-order valence-electron chi connectivity index (χ4n) is 2.53. The van der Waals surface area contributed by atoms with Gasteiger partial charge in [-0.1, -0.05) is 24.3 Å². The minimum atomic E-state index is -0.176. The van der Waals surface area contributed by atoms with E-state index in [2.05, 4.69) is 0 Å². The number of fused-ring (bicyclic) bond motifs is 1. The summed E-state index contributed by atoms with van der Waals surface area (Å²) in [5.74, 6) is 0.289. The highest BCUT2D eigenvalue weighted by Gasteiger charge is 2.23. The molecule has 2 rings (SSSR count). The number of hydrogen-bond acceptors (Lipinski definition) is 3. The lowest BCUT2D eigenvalue weighted by Gasteiger charge is -2.22. The summed E-state index contributed by atoms with van der Waals surface area (Å²) in [6.45, 7) is 5.00. The third-order valence-corrected chi connectivity index (χ3v) is 3.63. The van der Waals surface area contributed by atoms with Crippen molar-refractivity contribution in [3.63, 3.8) is 0 Å². The van der Waals surface area contributed by atoms with E-state index in [4.69, 9.17) is 4.74 Å². The number of nitrogens with zero attached hydrogens (tertiary/aromatic N) is 1. The Labute approximate surface area is 124 Å². The van der Waals surface area contributed by atoms with Gasteiger partial charge in [0.25, 0.3) is 5.91 Å². The molecular weight excluding hydrogens is 266 g/mol. The summed E-state index contributed by atoms with van der Waals surface area (Å²) in [7, 11) is 1.52. The van der Waals surface area contributed by atoms with Gasteiger partial charge in [-0.15, -0.1) is 0 Å². The average Bonchev–Trinajstić information content (AvgIpc) is 2.53. The summed E-state index contributed by atoms with van der Waals surface area (Å²) >= 11 is 0. The van der Waals surface area contributed by atoms with Gasteiger partial charge in [0.2, 0.25) is 0 Å². The molecule has 4 heteroatoms. The summed E-state index contributed by atoms with van der Waals surface area (Å²) < 4.78 is 5.46. The summed E-state index contributed by atoms with van der Waals surface area (Å²) in [5, 5.41) is 1.72. The molecule has 0 radical (unpaired) electrons. The van der Waals surface area contributed by atoms with Gasteiger partial charge in [-0.2, -0.15) is 0 Å². The summed E-state index contributed by atoms with van der Waals surface area (Å²) in [6, 6.07) is 9.30. The Morgan fingerprint density at radius 1 is 1.24 bits per heavy atom. The number of carbonyl (C=O) groups excluding carboxylic acids is 2. The molecule has 0 bridgehead atoms. The molecule has 0 saturated carbocycles. The van der Waals surface area contributed by atoms with E-state index < -0.39 is 0 Å². The highest BCUT2D eigenvalue weighted by molar-refractivity contribution is 6.10. The van der Waals surface area contributed by atoms with Gasteiger partial charge in [0.1, 0.15) is 5.75 Å². The minimum absolute atomic E-state index is 0.176. The Balaban J connectivity index is 2.76. The summed E-state index contributed by atoms with van der Waals surface area (Å²) in [5.41, 5.74) is 0.706. The van der Waals surface area contributed by atoms with Crippen molar-refractivity contribution in [2.45, 2.75) is 13.8 Å². The number of rotatable bonds is 5. The second kappa shape index (κ2) is 6.39. The fraction of sp³-hybridized carbons (Fsp3) is 0.294. The third kappa shape index (κ3) is 2.61. The van der Waals surface area contributed by atoms with Crippen molar-refractivity contribution in [1.82, 2.24) is 4.90 Å². The van der Waals surface area contributed by atoms with Crippen LogP contribution in [-0.4, -0.2) is 37.3 Å². The van der Waals surface area contributed by atoms with Crippen molar-refractivity contribution in [3.05, 3.63) is 41.5 Å². The number of carbonyl (C=O) groups is 2. The van der Waals surface area contributed by atoms with E-state index in [-0.39, 0.29) is 5.91 Å². The van der Waals surface area contributed by atoms with Gasteiger partial charge in [-0.25, -0.2) is 0 Å². The zero-order valence-corrected chi connectivity index (χ0v) is 12.6. The van der Waals surface area contributed by atoms with Crippen LogP contribution in [-0.2, 0) is 0 Å². The third-order valence-electron chi connectivity index (χ3n) is 3.63. The van der Waals surface area contributed by atoms with E-state index in [9.17, 15) is 9.59 Å². The number of hydrogen-bond donors (Lipinski definition) is 0. The normalized spacial score (nSPS) is 10.4. The van der Waals surface area contributed by atoms with Gasteiger partial charge in [-0.05, 0) is 25.3 Å². The quantitative estimate of drug-likeness (QED) is 0.793. The molecule has 2 aromatic rings. The highest BCUT2D eigenvalue weighted by atomic mass is 16.5. The van der Waals surface area contributed by atoms with Crippen molar-refractivity contribution in [2.75, 3.05) is 20.2 Å². The van der Waals surface area contributed by atoms with Crippen molar-refractivity contribution in [3.8, 4) is 5.75 Å². The van der Waals surface area contributed by atoms with Gasteiger partial charge in [0, 0.05) is 24.0 Å². The van der Waals surface area contributed by atoms with Gasteiger partial charge in [0.05, 0.1) is 12.7 Å². The largest absolute Gasteiger partial charge is 0.495 e. The van der Waals surface area contributed by atoms with Crippen LogP contribution in [0.1, 0.15) is 34.6 Å². The molecule has 0 aliphatic rings. The lowest BCUT2D eigenvalue weighted by molar-refractivity contribution is 0.0766. The topological polar surface area (TPSA) is 46.6 Å². The molecule has 21 heavy (non-hydrogen) atoms. The molecule has 0 heterocycles. The SMILES string of the molecule is CCN(CC)C(=O)c1c(C=O)cc2ccccc2c1OC. The molecule has 0 N–H and O–H groups in total. The Kier molecular flexibility index (Phi) is 4.58. The highest BCUT2D eigenvalue weighted by Crippen LogP contribution is 2.33. The van der Waals surface area contributed by atoms with E-state index in [1.54, 1.807) is 11.0 Å². The van der Waals surface area contributed by atoms with Gasteiger partial charge < -0.3 is 9.64 Å². The lowest BCUT2D eigenvalue weighted by atomic mass is 9.98. The van der Waals surface area contributed by atoms with E-state index in [0.29, 0.717) is 36.3 Å². The van der Waals surface area contributed by atoms with Crippen LogP contribution in [0, 0.1) is 0 Å². The molecule has 0 fully saturated rings. The maximum atomic E-state index is 12.7. The first-order chi connectivity index (χ1) is 10.2. The van der Waals surface area contributed by atoms with Crippen LogP contribution in [0.25, 0.3) is 10.8 Å². The molecule has 0 aromatic heterocycles. The molecule has 4 nitrogen and oxygen atoms in total. The molecule has 0 aliphatic carbocycles. The number of amides is 1. The predicted octanol–water partition coefficient (Wildman–Crippen LogP) is 3.14. The summed E-state index contributed by atoms with van der Waals surface area (Å²) in [4.78, 5) is 25.8. The molecule has 0 spiro atoms. The van der Waals surface area contributed by atoms with Crippen LogP contribution in [0.4, 0.5) is 0 Å². The first-order valence-electron chi connectivity index (χ1n) is 7.02. The molecule has 1 amide bonds. The molecule has 0 aliphatic heterocycles. The number of methoxy groups -OCH3 is 1. The molecule has 2 aromatic carbocycles. The standard InChI is InChI=1S/C17H19NO3/c1-4-18(5-2)17(20)15-13(11-19)10-12-8-6-7-9-14(12)16(15)21-3/h6-11H,4-5H2,1-3H3. The van der Waals surface area contributed by atoms with E-state index in [1.807, 2.05) is 38.1 Å². The van der Waals surface area contributed by atoms with E-state index >= 15 is 0 Å². The van der Waals surface area contributed by atoms with Crippen LogP contribution in [0.2, 0.25) is 0 Å². The number of ether oxygens (including phenoxy) is 1. The Morgan fingerprint density at radius 2 is 1.90 bits per heavy atom. The van der Waals surface area contributed by atoms with Crippen LogP contribution >= 0.6 is 0 Å². The van der Waals surface area contributed by atoms with Gasteiger partial charge in [-0.3, -0.25) is 9.59 Å². The van der Waals surface area contributed by atoms with Crippen LogP contribution < -0.4 is 4.74 Å². The second-order valence-corrected chi connectivity index (χ2v) is 4.69. The van der Waals surface area contributed by atoms with Crippen LogP contribution in [0.3, 0.4) is 0 Å². The Hall–Kier alpha value is -2.36. The molecule has 0 atom stereocenters. The van der Waals surface area contributed by atoms with Crippen LogP contribution in [0.15, 0.2) is 30.3 Å². The zero-order valence-electron chi connectivity index (χ0n) is 12.6. The second-order valence-electron chi connectivity index (χ2n) is 4.69.